The highest BCUT2D eigenvalue weighted by atomic mass is 19.4. The third-order valence-electron chi connectivity index (χ3n) is 3.53. The van der Waals surface area contributed by atoms with Gasteiger partial charge in [-0.2, -0.15) is 13.2 Å². The van der Waals surface area contributed by atoms with Gasteiger partial charge in [0.05, 0.1) is 5.56 Å². The van der Waals surface area contributed by atoms with Crippen LogP contribution in [0.15, 0.2) is 24.3 Å². The van der Waals surface area contributed by atoms with E-state index in [2.05, 4.69) is 0 Å². The van der Waals surface area contributed by atoms with Gasteiger partial charge in [0, 0.05) is 12.6 Å². The summed E-state index contributed by atoms with van der Waals surface area (Å²) in [5.41, 5.74) is 0.00652. The molecule has 5 heteroatoms. The van der Waals surface area contributed by atoms with Gasteiger partial charge in [-0.25, -0.2) is 0 Å². The lowest BCUT2D eigenvalue weighted by Gasteiger charge is -2.32. The summed E-state index contributed by atoms with van der Waals surface area (Å²) in [5, 5.41) is 0. The molecule has 19 heavy (non-hydrogen) atoms. The molecule has 2 rings (SSSR count). The molecule has 0 N–H and O–H groups in total. The summed E-state index contributed by atoms with van der Waals surface area (Å²) in [6.07, 6.45) is -0.173. The molecule has 104 valence electrons. The smallest absolute Gasteiger partial charge is 0.342 e. The van der Waals surface area contributed by atoms with Crippen LogP contribution in [-0.2, 0) is 17.4 Å². The van der Waals surface area contributed by atoms with E-state index in [9.17, 15) is 18.0 Å². The van der Waals surface area contributed by atoms with Crippen LogP contribution >= 0.6 is 0 Å². The zero-order chi connectivity index (χ0) is 13.9. The van der Waals surface area contributed by atoms with Gasteiger partial charge in [-0.05, 0) is 37.3 Å². The zero-order valence-electron chi connectivity index (χ0n) is 10.5. The lowest BCUT2D eigenvalue weighted by Crippen LogP contribution is -2.39. The van der Waals surface area contributed by atoms with E-state index in [1.54, 1.807) is 11.0 Å². The summed E-state index contributed by atoms with van der Waals surface area (Å²) in [6.45, 7) is 0.702. The van der Waals surface area contributed by atoms with Crippen molar-refractivity contribution in [1.29, 1.82) is 0 Å². The van der Waals surface area contributed by atoms with Gasteiger partial charge >= 0.3 is 6.18 Å². The molecule has 0 aliphatic carbocycles. The van der Waals surface area contributed by atoms with E-state index in [0.717, 1.165) is 31.7 Å². The molecule has 0 aromatic heterocycles. The summed E-state index contributed by atoms with van der Waals surface area (Å²) in [6, 6.07) is 5.38. The Morgan fingerprint density at radius 3 is 2.79 bits per heavy atom. The van der Waals surface area contributed by atoms with Crippen molar-refractivity contribution in [3.8, 4) is 0 Å². The Labute approximate surface area is 110 Å². The maximum atomic E-state index is 12.6. The standard InChI is InChI=1S/C14H16F3NO/c15-14(16,17)12-5-3-4-11(8-12)9-13-6-1-2-7-18(13)10-19/h3-5,8,10,13H,1-2,6-7,9H2. The Morgan fingerprint density at radius 1 is 1.32 bits per heavy atom. The largest absolute Gasteiger partial charge is 0.416 e. The number of rotatable bonds is 3. The third kappa shape index (κ3) is 3.49. The Bertz CT molecular complexity index is 445. The highest BCUT2D eigenvalue weighted by molar-refractivity contribution is 5.48. The number of piperidine rings is 1. The highest BCUT2D eigenvalue weighted by Gasteiger charge is 2.30. The van der Waals surface area contributed by atoms with Crippen molar-refractivity contribution in [3.63, 3.8) is 0 Å². The molecule has 1 aromatic carbocycles. The molecular weight excluding hydrogens is 255 g/mol. The van der Waals surface area contributed by atoms with E-state index in [4.69, 9.17) is 0 Å². The summed E-state index contributed by atoms with van der Waals surface area (Å²) in [4.78, 5) is 12.6. The van der Waals surface area contributed by atoms with E-state index < -0.39 is 11.7 Å². The number of nitrogens with zero attached hydrogens (tertiary/aromatic N) is 1. The Morgan fingerprint density at radius 2 is 2.11 bits per heavy atom. The van der Waals surface area contributed by atoms with E-state index >= 15 is 0 Å². The molecule has 0 saturated carbocycles. The molecule has 1 aromatic rings. The second-order valence-electron chi connectivity index (χ2n) is 4.90. The van der Waals surface area contributed by atoms with Crippen LogP contribution in [0, 0.1) is 0 Å². The second-order valence-corrected chi connectivity index (χ2v) is 4.90. The van der Waals surface area contributed by atoms with Crippen LogP contribution in [0.2, 0.25) is 0 Å². The highest BCUT2D eigenvalue weighted by Crippen LogP contribution is 2.30. The molecule has 2 nitrogen and oxygen atoms in total. The topological polar surface area (TPSA) is 20.3 Å². The minimum Gasteiger partial charge on any atom is -0.342 e. The van der Waals surface area contributed by atoms with Crippen LogP contribution in [0.25, 0.3) is 0 Å². The number of likely N-dealkylation sites (tertiary alicyclic amines) is 1. The predicted molar refractivity (Wildman–Crippen MR) is 65.6 cm³/mol. The Hall–Kier alpha value is -1.52. The maximum absolute atomic E-state index is 12.6. The molecule has 0 bridgehead atoms. The van der Waals surface area contributed by atoms with Crippen molar-refractivity contribution in [2.45, 2.75) is 37.9 Å². The van der Waals surface area contributed by atoms with E-state index in [-0.39, 0.29) is 6.04 Å². The van der Waals surface area contributed by atoms with E-state index in [1.807, 2.05) is 0 Å². The van der Waals surface area contributed by atoms with Gasteiger partial charge in [0.1, 0.15) is 0 Å². The van der Waals surface area contributed by atoms with E-state index in [0.29, 0.717) is 18.5 Å². The number of amides is 1. The number of hydrogen-bond donors (Lipinski definition) is 0. The zero-order valence-corrected chi connectivity index (χ0v) is 10.5. The third-order valence-corrected chi connectivity index (χ3v) is 3.53. The number of carbonyl (C=O) groups excluding carboxylic acids is 1. The van der Waals surface area contributed by atoms with Crippen molar-refractivity contribution in [1.82, 2.24) is 4.90 Å². The lowest BCUT2D eigenvalue weighted by molar-refractivity contribution is -0.137. The summed E-state index contributed by atoms with van der Waals surface area (Å²) >= 11 is 0. The average Bonchev–Trinajstić information content (AvgIpc) is 2.39. The average molecular weight is 271 g/mol. The van der Waals surface area contributed by atoms with Crippen molar-refractivity contribution in [2.75, 3.05) is 6.54 Å². The molecule has 1 saturated heterocycles. The van der Waals surface area contributed by atoms with Crippen molar-refractivity contribution in [3.05, 3.63) is 35.4 Å². The number of alkyl halides is 3. The van der Waals surface area contributed by atoms with E-state index in [1.165, 1.54) is 12.1 Å². The lowest BCUT2D eigenvalue weighted by atomic mass is 9.95. The van der Waals surface area contributed by atoms with Gasteiger partial charge < -0.3 is 4.90 Å². The fraction of sp³-hybridized carbons (Fsp3) is 0.500. The van der Waals surface area contributed by atoms with Gasteiger partial charge in [0.2, 0.25) is 6.41 Å². The van der Waals surface area contributed by atoms with Crippen molar-refractivity contribution >= 4 is 6.41 Å². The monoisotopic (exact) mass is 271 g/mol. The first kappa shape index (κ1) is 13.9. The fourth-order valence-electron chi connectivity index (χ4n) is 2.53. The number of hydrogen-bond acceptors (Lipinski definition) is 1. The molecule has 1 aliphatic rings. The molecule has 1 unspecified atom stereocenters. The van der Waals surface area contributed by atoms with Gasteiger partial charge in [-0.15, -0.1) is 0 Å². The first-order valence-corrected chi connectivity index (χ1v) is 6.38. The second kappa shape index (κ2) is 5.63. The van der Waals surface area contributed by atoms with Crippen LogP contribution < -0.4 is 0 Å². The number of benzene rings is 1. The SMILES string of the molecule is O=CN1CCCCC1Cc1cccc(C(F)(F)F)c1. The molecule has 1 atom stereocenters. The predicted octanol–water partition coefficient (Wildman–Crippen LogP) is 3.26. The summed E-state index contributed by atoms with van der Waals surface area (Å²) < 4.78 is 37.9. The Balaban J connectivity index is 2.12. The van der Waals surface area contributed by atoms with Gasteiger partial charge in [-0.3, -0.25) is 4.79 Å². The maximum Gasteiger partial charge on any atom is 0.416 e. The van der Waals surface area contributed by atoms with Crippen LogP contribution in [0.5, 0.6) is 0 Å². The van der Waals surface area contributed by atoms with Gasteiger partial charge in [0.25, 0.3) is 0 Å². The molecular formula is C14H16F3NO. The van der Waals surface area contributed by atoms with Crippen LogP contribution in [0.3, 0.4) is 0 Å². The molecule has 1 aliphatic heterocycles. The van der Waals surface area contributed by atoms with Gasteiger partial charge in [0.15, 0.2) is 0 Å². The number of carbonyl (C=O) groups is 1. The molecule has 1 heterocycles. The minimum atomic E-state index is -4.31. The first-order valence-electron chi connectivity index (χ1n) is 6.38. The molecule has 0 radical (unpaired) electrons. The van der Waals surface area contributed by atoms with Crippen molar-refractivity contribution in [2.24, 2.45) is 0 Å². The van der Waals surface area contributed by atoms with Gasteiger partial charge in [-0.1, -0.05) is 18.2 Å². The minimum absolute atomic E-state index is 0.0229. The quantitative estimate of drug-likeness (QED) is 0.773. The molecule has 1 amide bonds. The van der Waals surface area contributed by atoms with Crippen molar-refractivity contribution < 1.29 is 18.0 Å². The fourth-order valence-corrected chi connectivity index (χ4v) is 2.53. The first-order chi connectivity index (χ1) is 9.00. The summed E-state index contributed by atoms with van der Waals surface area (Å²) in [5.74, 6) is 0. The molecule has 0 spiro atoms. The van der Waals surface area contributed by atoms with Crippen LogP contribution in [0.1, 0.15) is 30.4 Å². The summed E-state index contributed by atoms with van der Waals surface area (Å²) in [7, 11) is 0. The molecule has 1 fully saturated rings. The van der Waals surface area contributed by atoms with Crippen LogP contribution in [0.4, 0.5) is 13.2 Å². The number of halogens is 3. The normalized spacial score (nSPS) is 20.4. The van der Waals surface area contributed by atoms with Crippen LogP contribution in [-0.4, -0.2) is 23.9 Å². The Kier molecular flexibility index (Phi) is 4.12.